The summed E-state index contributed by atoms with van der Waals surface area (Å²) in [6.45, 7) is 33.4. The van der Waals surface area contributed by atoms with Crippen LogP contribution in [-0.4, -0.2) is 82.1 Å². The lowest BCUT2D eigenvalue weighted by atomic mass is 9.99. The average Bonchev–Trinajstić information content (AvgIpc) is 3.82. The van der Waals surface area contributed by atoms with Crippen molar-refractivity contribution in [1.82, 2.24) is 0 Å². The summed E-state index contributed by atoms with van der Waals surface area (Å²) in [5.74, 6) is -0.189. The molecule has 5 rings (SSSR count). The highest BCUT2D eigenvalue weighted by atomic mass is 28.4. The molecule has 10 nitrogen and oxygen atoms in total. The Balaban J connectivity index is 1.49. The summed E-state index contributed by atoms with van der Waals surface area (Å²) in [6, 6.07) is 24.0. The quantitative estimate of drug-likeness (QED) is 0.0618. The Morgan fingerprint density at radius 3 is 2.05 bits per heavy atom. The molecule has 357 valence electrons. The van der Waals surface area contributed by atoms with Gasteiger partial charge in [0.05, 0.1) is 12.7 Å². The van der Waals surface area contributed by atoms with Gasteiger partial charge in [-0.25, -0.2) is 4.79 Å². The molecule has 0 aromatic heterocycles. The molecule has 0 bridgehead atoms. The molecular formula is C52H77O10Si3. The SMILES string of the molecule is COCOc1cc2c(c(/C=C/C[C@H]3OC(C)(C)O[C@@H]3[C](/C=C\[C@H](C)[C@H](C)O[Si](c3ccccc3)(c3ccccc3)C(C)(C)C)O[Si](C)(C)C(C)(C)C)c1C(=O)OCC[Si](C)(C)C)OCO2. The summed E-state index contributed by atoms with van der Waals surface area (Å²) in [5.41, 5.74) is 0.752. The molecular weight excluding hydrogens is 869 g/mol. The molecule has 2 aliphatic heterocycles. The maximum Gasteiger partial charge on any atom is 0.342 e. The highest BCUT2D eigenvalue weighted by Gasteiger charge is 2.52. The summed E-state index contributed by atoms with van der Waals surface area (Å²) in [7, 11) is -5.14. The van der Waals surface area contributed by atoms with Gasteiger partial charge in [-0.2, -0.15) is 0 Å². The number of carbonyl (C=O) groups is 1. The summed E-state index contributed by atoms with van der Waals surface area (Å²) in [6.07, 6.45) is 8.20. The van der Waals surface area contributed by atoms with Gasteiger partial charge in [0, 0.05) is 32.9 Å². The molecule has 4 atom stereocenters. The van der Waals surface area contributed by atoms with Gasteiger partial charge in [0.25, 0.3) is 8.32 Å². The molecule has 0 saturated carbocycles. The van der Waals surface area contributed by atoms with Crippen LogP contribution in [0.25, 0.3) is 6.08 Å². The molecule has 3 aromatic carbocycles. The number of fused-ring (bicyclic) bond motifs is 1. The number of hydrogen-bond acceptors (Lipinski definition) is 10. The molecule has 2 heterocycles. The fourth-order valence-corrected chi connectivity index (χ4v) is 14.4. The van der Waals surface area contributed by atoms with E-state index in [9.17, 15) is 4.79 Å². The van der Waals surface area contributed by atoms with E-state index in [0.29, 0.717) is 35.8 Å². The average molecular weight is 946 g/mol. The minimum Gasteiger partial charge on any atom is -0.466 e. The van der Waals surface area contributed by atoms with Crippen LogP contribution in [0.4, 0.5) is 0 Å². The van der Waals surface area contributed by atoms with Gasteiger partial charge in [0.15, 0.2) is 32.4 Å². The Morgan fingerprint density at radius 1 is 0.877 bits per heavy atom. The summed E-state index contributed by atoms with van der Waals surface area (Å²) < 4.78 is 57.0. The molecule has 0 N–H and O–H groups in total. The maximum absolute atomic E-state index is 13.9. The van der Waals surface area contributed by atoms with Crippen molar-refractivity contribution >= 4 is 47.1 Å². The Bertz CT molecular complexity index is 2040. The van der Waals surface area contributed by atoms with Crippen LogP contribution in [-0.2, 0) is 27.8 Å². The number of benzene rings is 3. The molecule has 65 heavy (non-hydrogen) atoms. The highest BCUT2D eigenvalue weighted by molar-refractivity contribution is 6.99. The second-order valence-corrected chi connectivity index (χ2v) is 36.2. The Hall–Kier alpha value is -3.54. The van der Waals surface area contributed by atoms with Crippen LogP contribution in [0.1, 0.15) is 91.6 Å². The fourth-order valence-electron chi connectivity index (χ4n) is 7.86. The van der Waals surface area contributed by atoms with Crippen molar-refractivity contribution in [2.75, 3.05) is 27.3 Å². The number of rotatable bonds is 20. The summed E-state index contributed by atoms with van der Waals surface area (Å²) in [5, 5.41) is 2.24. The lowest BCUT2D eigenvalue weighted by molar-refractivity contribution is -0.147. The zero-order valence-corrected chi connectivity index (χ0v) is 45.1. The van der Waals surface area contributed by atoms with Crippen molar-refractivity contribution < 1.29 is 46.8 Å². The van der Waals surface area contributed by atoms with Crippen LogP contribution in [0.15, 0.2) is 85.0 Å². The molecule has 1 fully saturated rings. The van der Waals surface area contributed by atoms with E-state index in [2.05, 4.69) is 161 Å². The van der Waals surface area contributed by atoms with Crippen LogP contribution in [0, 0.1) is 12.0 Å². The Labute approximate surface area is 393 Å². The zero-order chi connectivity index (χ0) is 48.0. The lowest BCUT2D eigenvalue weighted by Gasteiger charge is -2.45. The normalized spacial score (nSPS) is 19.0. The molecule has 0 amide bonds. The van der Waals surface area contributed by atoms with Crippen molar-refractivity contribution in [2.45, 2.75) is 149 Å². The standard InChI is InChI=1S/C52H77O10Si3/c1-37(38(2)61-65(51(6,7)8,39-24-19-17-20-25-39)40-26-21-18-22-27-40)30-31-43(62-64(15,16)50(3,4)5)48-42(59-52(9,10)60-48)29-23-28-41-46(49(53)55-32-33-63(12,13)14)44(56-35-54-11)34-45-47(41)58-36-57-45/h17-28,30-31,34,37-38,42,48H,29,32-33,35-36H2,1-16H3/b28-23+,31-30-/t37-,38-,42+,48-/m0/s1. The molecule has 1 saturated heterocycles. The Morgan fingerprint density at radius 2 is 1.49 bits per heavy atom. The van der Waals surface area contributed by atoms with Crippen LogP contribution in [0.2, 0.25) is 48.9 Å². The third-order valence-corrected chi connectivity index (χ3v) is 23.9. The molecule has 1 radical (unpaired) electrons. The van der Waals surface area contributed by atoms with Gasteiger partial charge < -0.3 is 42.0 Å². The number of ether oxygens (including phenoxy) is 7. The first kappa shape index (κ1) is 52.4. The molecule has 13 heteroatoms. The van der Waals surface area contributed by atoms with Crippen molar-refractivity contribution in [3.8, 4) is 17.2 Å². The van der Waals surface area contributed by atoms with Gasteiger partial charge in [0.2, 0.25) is 6.79 Å². The maximum atomic E-state index is 13.9. The van der Waals surface area contributed by atoms with Crippen molar-refractivity contribution in [3.05, 3.63) is 102 Å². The van der Waals surface area contributed by atoms with Gasteiger partial charge in [-0.1, -0.05) is 153 Å². The molecule has 0 unspecified atom stereocenters. The second kappa shape index (κ2) is 21.2. The minimum atomic E-state index is -2.81. The van der Waals surface area contributed by atoms with Gasteiger partial charge in [-0.3, -0.25) is 0 Å². The smallest absolute Gasteiger partial charge is 0.342 e. The molecule has 0 aliphatic carbocycles. The monoisotopic (exact) mass is 945 g/mol. The first-order valence-corrected chi connectivity index (χ1v) is 31.6. The topological polar surface area (TPSA) is 100 Å². The Kier molecular flexibility index (Phi) is 17.1. The van der Waals surface area contributed by atoms with E-state index in [4.69, 9.17) is 42.0 Å². The van der Waals surface area contributed by atoms with E-state index >= 15 is 0 Å². The van der Waals surface area contributed by atoms with E-state index in [1.807, 2.05) is 26.0 Å². The first-order chi connectivity index (χ1) is 30.3. The van der Waals surface area contributed by atoms with E-state index in [1.54, 1.807) is 6.07 Å². The fraction of sp³-hybridized carbons (Fsp3) is 0.538. The summed E-state index contributed by atoms with van der Waals surface area (Å²) >= 11 is 0. The zero-order valence-electron chi connectivity index (χ0n) is 42.1. The van der Waals surface area contributed by atoms with Gasteiger partial charge in [-0.05, 0) is 72.7 Å². The van der Waals surface area contributed by atoms with E-state index in [0.717, 1.165) is 12.1 Å². The van der Waals surface area contributed by atoms with E-state index in [1.165, 1.54) is 17.5 Å². The van der Waals surface area contributed by atoms with E-state index < -0.39 is 48.7 Å². The second-order valence-electron chi connectivity index (χ2n) is 21.6. The third-order valence-electron chi connectivity index (χ3n) is 12.7. The van der Waals surface area contributed by atoms with Crippen LogP contribution < -0.4 is 24.6 Å². The number of methoxy groups -OCH3 is 1. The highest BCUT2D eigenvalue weighted by Crippen LogP contribution is 2.46. The van der Waals surface area contributed by atoms with Crippen LogP contribution >= 0.6 is 0 Å². The van der Waals surface area contributed by atoms with Crippen LogP contribution in [0.3, 0.4) is 0 Å². The molecule has 3 aromatic rings. The third kappa shape index (κ3) is 12.9. The predicted octanol–water partition coefficient (Wildman–Crippen LogP) is 11.5. The van der Waals surface area contributed by atoms with Gasteiger partial charge in [0.1, 0.15) is 23.5 Å². The van der Waals surface area contributed by atoms with Crippen molar-refractivity contribution in [3.63, 3.8) is 0 Å². The van der Waals surface area contributed by atoms with Crippen LogP contribution in [0.5, 0.6) is 17.2 Å². The lowest BCUT2D eigenvalue weighted by Crippen LogP contribution is -2.67. The van der Waals surface area contributed by atoms with Crippen molar-refractivity contribution in [1.29, 1.82) is 0 Å². The van der Waals surface area contributed by atoms with E-state index in [-0.39, 0.29) is 41.2 Å². The minimum absolute atomic E-state index is 0.00387. The largest absolute Gasteiger partial charge is 0.466 e. The van der Waals surface area contributed by atoms with Gasteiger partial charge in [-0.15, -0.1) is 0 Å². The first-order valence-electron chi connectivity index (χ1n) is 23.1. The molecule has 0 spiro atoms. The number of hydrogen-bond donors (Lipinski definition) is 0. The van der Waals surface area contributed by atoms with Crippen molar-refractivity contribution in [2.24, 2.45) is 5.92 Å². The van der Waals surface area contributed by atoms with Gasteiger partial charge >= 0.3 is 5.97 Å². The molecule has 2 aliphatic rings. The predicted molar refractivity (Wildman–Crippen MR) is 269 cm³/mol. The number of carbonyl (C=O) groups excluding carboxylic acids is 1. The summed E-state index contributed by atoms with van der Waals surface area (Å²) in [4.78, 5) is 13.9. The number of esters is 1.